The third-order valence-corrected chi connectivity index (χ3v) is 17.7. The van der Waals surface area contributed by atoms with Crippen LogP contribution in [0.4, 0.5) is 0 Å². The molecule has 41 heavy (non-hydrogen) atoms. The van der Waals surface area contributed by atoms with Gasteiger partial charge in [0.2, 0.25) is 0 Å². The van der Waals surface area contributed by atoms with Crippen molar-refractivity contribution in [1.82, 2.24) is 0 Å². The van der Waals surface area contributed by atoms with Gasteiger partial charge in [0.15, 0.2) is 0 Å². The molecule has 0 heterocycles. The fourth-order valence-electron chi connectivity index (χ4n) is 6.80. The minimum absolute atomic E-state index is 0. The molecular formula is C38H31Cl2Zr. The first-order valence-corrected chi connectivity index (χ1v) is 17.9. The zero-order chi connectivity index (χ0) is 26.3. The molecule has 0 amide bonds. The van der Waals surface area contributed by atoms with Crippen LogP contribution in [0.1, 0.15) is 43.4 Å². The summed E-state index contributed by atoms with van der Waals surface area (Å²) >= 11 is -2.47. The maximum atomic E-state index is 2.50. The number of benzene rings is 5. The Morgan fingerprint density at radius 1 is 0.439 bits per heavy atom. The second kappa shape index (κ2) is 12.5. The van der Waals surface area contributed by atoms with Crippen molar-refractivity contribution in [1.29, 1.82) is 0 Å². The number of rotatable bonds is 5. The van der Waals surface area contributed by atoms with Gasteiger partial charge in [-0.1, -0.05) is 0 Å². The third-order valence-electron chi connectivity index (χ3n) is 8.46. The Morgan fingerprint density at radius 3 is 1.24 bits per heavy atom. The van der Waals surface area contributed by atoms with Gasteiger partial charge in [0.1, 0.15) is 0 Å². The van der Waals surface area contributed by atoms with E-state index in [-0.39, 0.29) is 24.8 Å². The van der Waals surface area contributed by atoms with Gasteiger partial charge in [0.25, 0.3) is 0 Å². The van der Waals surface area contributed by atoms with Crippen LogP contribution >= 0.6 is 0 Å². The molecule has 0 spiro atoms. The fourth-order valence-corrected chi connectivity index (χ4v) is 16.4. The van der Waals surface area contributed by atoms with Gasteiger partial charge >= 0.3 is 241 Å². The van der Waals surface area contributed by atoms with Crippen LogP contribution in [0.5, 0.6) is 0 Å². The largest absolute Gasteiger partial charge is 1.00 e. The molecule has 0 saturated carbocycles. The van der Waals surface area contributed by atoms with Gasteiger partial charge in [-0.15, -0.1) is 0 Å². The molecule has 2 aliphatic rings. The molecule has 0 saturated heterocycles. The molecule has 0 radical (unpaired) electrons. The van der Waals surface area contributed by atoms with Gasteiger partial charge in [0.05, 0.1) is 0 Å². The van der Waals surface area contributed by atoms with Crippen molar-refractivity contribution < 1.29 is 46.6 Å². The molecule has 0 bridgehead atoms. The van der Waals surface area contributed by atoms with E-state index in [1.165, 1.54) is 55.7 Å². The van der Waals surface area contributed by atoms with Crippen molar-refractivity contribution >= 4 is 15.4 Å². The standard InChI is InChI=1S/2C16H13.C6H5.2ClH.Zr/c2*1-12-10-14-8-5-9-15(16(14)11-12)13-6-3-2-4-7-13;1-2-4-6-5-3-1;;;/h2*2-11H,1H3;1-5H;2*1H;/q;;;;;+2/p-2. The summed E-state index contributed by atoms with van der Waals surface area (Å²) in [6.07, 6.45) is 5.00. The van der Waals surface area contributed by atoms with E-state index >= 15 is 0 Å². The third kappa shape index (κ3) is 5.25. The smallest absolute Gasteiger partial charge is 1.00 e. The van der Waals surface area contributed by atoms with Crippen molar-refractivity contribution in [3.05, 3.63) is 161 Å². The number of hydrogen-bond acceptors (Lipinski definition) is 0. The van der Waals surface area contributed by atoms with Crippen molar-refractivity contribution in [3.8, 4) is 22.3 Å². The second-order valence-electron chi connectivity index (χ2n) is 10.8. The molecular weight excluding hydrogens is 619 g/mol. The molecule has 3 heteroatoms. The average Bonchev–Trinajstić information content (AvgIpc) is 3.50. The topological polar surface area (TPSA) is 0 Å². The summed E-state index contributed by atoms with van der Waals surface area (Å²) in [6, 6.07) is 47.3. The summed E-state index contributed by atoms with van der Waals surface area (Å²) in [4.78, 5) is 0. The maximum Gasteiger partial charge on any atom is -1.00 e. The van der Waals surface area contributed by atoms with Crippen LogP contribution in [0.25, 0.3) is 34.4 Å². The molecule has 2 aliphatic carbocycles. The Hall–Kier alpha value is -2.96. The first-order chi connectivity index (χ1) is 19.2. The van der Waals surface area contributed by atoms with Crippen molar-refractivity contribution in [3.63, 3.8) is 0 Å². The van der Waals surface area contributed by atoms with Crippen LogP contribution in [0.2, 0.25) is 0 Å². The molecule has 201 valence electrons. The van der Waals surface area contributed by atoms with Crippen LogP contribution in [0, 0.1) is 0 Å². The quantitative estimate of drug-likeness (QED) is 0.273. The van der Waals surface area contributed by atoms with Gasteiger partial charge in [-0.3, -0.25) is 0 Å². The van der Waals surface area contributed by atoms with E-state index in [0.29, 0.717) is 7.25 Å². The van der Waals surface area contributed by atoms with Crippen LogP contribution < -0.4 is 28.1 Å². The Kier molecular flexibility index (Phi) is 9.00. The molecule has 5 aromatic carbocycles. The maximum absolute atomic E-state index is 2.50. The predicted octanol–water partition coefficient (Wildman–Crippen LogP) is 3.59. The van der Waals surface area contributed by atoms with Crippen LogP contribution in [0.3, 0.4) is 0 Å². The number of hydrogen-bond donors (Lipinski definition) is 0. The van der Waals surface area contributed by atoms with Crippen LogP contribution in [-0.4, -0.2) is 0 Å². The minimum atomic E-state index is -2.47. The average molecular weight is 650 g/mol. The zero-order valence-corrected chi connectivity index (χ0v) is 27.2. The van der Waals surface area contributed by atoms with E-state index in [4.69, 9.17) is 0 Å². The van der Waals surface area contributed by atoms with Crippen molar-refractivity contribution in [2.75, 3.05) is 0 Å². The zero-order valence-electron chi connectivity index (χ0n) is 23.2. The summed E-state index contributed by atoms with van der Waals surface area (Å²) in [6.45, 7) is 4.77. The first-order valence-electron chi connectivity index (χ1n) is 13.9. The van der Waals surface area contributed by atoms with Gasteiger partial charge in [-0.2, -0.15) is 0 Å². The molecule has 0 aliphatic heterocycles. The summed E-state index contributed by atoms with van der Waals surface area (Å²) in [7, 11) is 0. The van der Waals surface area contributed by atoms with Gasteiger partial charge in [-0.25, -0.2) is 0 Å². The van der Waals surface area contributed by atoms with E-state index in [1.54, 1.807) is 3.27 Å². The van der Waals surface area contributed by atoms with E-state index in [0.717, 1.165) is 0 Å². The SMILES string of the molecule is CC1=Cc2c(-c3ccccc3)cccc2[CH]1[Zr+2]([c]1ccccc1)[CH]1C(C)=Cc2c(-c3ccccc3)cccc21.[Cl-].[Cl-]. The monoisotopic (exact) mass is 647 g/mol. The molecule has 2 atom stereocenters. The molecule has 0 fully saturated rings. The van der Waals surface area contributed by atoms with Crippen molar-refractivity contribution in [2.45, 2.75) is 21.1 Å². The summed E-state index contributed by atoms with van der Waals surface area (Å²) in [5, 5.41) is 0. The second-order valence-corrected chi connectivity index (χ2v) is 17.3. The summed E-state index contributed by atoms with van der Waals surface area (Å²) < 4.78 is 2.62. The van der Waals surface area contributed by atoms with Gasteiger partial charge in [0, 0.05) is 0 Å². The first kappa shape index (κ1) is 29.5. The number of allylic oxidation sites excluding steroid dienone is 2. The van der Waals surface area contributed by atoms with Crippen LogP contribution in [-0.2, 0) is 21.8 Å². The summed E-state index contributed by atoms with van der Waals surface area (Å²) in [5.41, 5.74) is 14.3. The minimum Gasteiger partial charge on any atom is -1.00 e. The van der Waals surface area contributed by atoms with E-state index in [1.807, 2.05) is 0 Å². The van der Waals surface area contributed by atoms with Gasteiger partial charge in [-0.05, 0) is 0 Å². The van der Waals surface area contributed by atoms with E-state index in [2.05, 4.69) is 153 Å². The van der Waals surface area contributed by atoms with Crippen LogP contribution in [0.15, 0.2) is 139 Å². The van der Waals surface area contributed by atoms with Gasteiger partial charge < -0.3 is 24.8 Å². The molecule has 0 aromatic heterocycles. The molecule has 2 unspecified atom stereocenters. The van der Waals surface area contributed by atoms with Crippen molar-refractivity contribution in [2.24, 2.45) is 0 Å². The number of halogens is 2. The normalized spacial score (nSPS) is 16.4. The van der Waals surface area contributed by atoms with E-state index in [9.17, 15) is 0 Å². The Labute approximate surface area is 264 Å². The molecule has 0 N–H and O–H groups in total. The Bertz CT molecular complexity index is 1610. The number of fused-ring (bicyclic) bond motifs is 2. The molecule has 7 rings (SSSR count). The van der Waals surface area contributed by atoms with E-state index < -0.39 is 21.8 Å². The Balaban J connectivity index is 0.00000169. The predicted molar refractivity (Wildman–Crippen MR) is 163 cm³/mol. The molecule has 0 nitrogen and oxygen atoms in total. The molecule has 5 aromatic rings. The fraction of sp³-hybridized carbons (Fsp3) is 0.105. The summed E-state index contributed by atoms with van der Waals surface area (Å²) in [5.74, 6) is 0. The Morgan fingerprint density at radius 2 is 0.829 bits per heavy atom.